The molecule has 2 atom stereocenters. The van der Waals surface area contributed by atoms with Gasteiger partial charge in [-0.2, -0.15) is 0 Å². The molecule has 0 saturated heterocycles. The maximum atomic E-state index is 14.4. The number of amides is 2. The Morgan fingerprint density at radius 3 is 2.11 bits per heavy atom. The molecule has 0 heterocycles. The molecule has 0 aliphatic heterocycles. The van der Waals surface area contributed by atoms with Crippen LogP contribution in [0.3, 0.4) is 0 Å². The van der Waals surface area contributed by atoms with E-state index >= 15 is 0 Å². The highest BCUT2D eigenvalue weighted by Crippen LogP contribution is 2.27. The van der Waals surface area contributed by atoms with Gasteiger partial charge in [-0.25, -0.2) is 12.8 Å². The van der Waals surface area contributed by atoms with Gasteiger partial charge < -0.3 is 10.2 Å². The van der Waals surface area contributed by atoms with E-state index in [0.717, 1.165) is 9.87 Å². The molecule has 44 heavy (non-hydrogen) atoms. The third-order valence-corrected chi connectivity index (χ3v) is 9.53. The Balaban J connectivity index is 1.80. The lowest BCUT2D eigenvalue weighted by Gasteiger charge is -2.34. The van der Waals surface area contributed by atoms with Crippen LogP contribution in [-0.2, 0) is 32.6 Å². The maximum Gasteiger partial charge on any atom is 0.264 e. The van der Waals surface area contributed by atoms with Crippen LogP contribution in [-0.4, -0.2) is 43.8 Å². The van der Waals surface area contributed by atoms with Gasteiger partial charge in [-0.05, 0) is 66.9 Å². The Hall–Kier alpha value is -4.02. The molecule has 4 rings (SSSR count). The summed E-state index contributed by atoms with van der Waals surface area (Å²) in [5.41, 5.74) is 1.70. The molecule has 4 aromatic carbocycles. The minimum absolute atomic E-state index is 0.0215. The van der Waals surface area contributed by atoms with Crippen molar-refractivity contribution in [3.63, 3.8) is 0 Å². The number of hydrogen-bond acceptors (Lipinski definition) is 4. The number of nitrogens with zero attached hydrogens (tertiary/aromatic N) is 2. The molecule has 0 fully saturated rings. The van der Waals surface area contributed by atoms with E-state index in [1.165, 1.54) is 29.2 Å². The number of benzene rings is 4. The quantitative estimate of drug-likeness (QED) is 0.179. The van der Waals surface area contributed by atoms with Gasteiger partial charge in [0, 0.05) is 23.5 Å². The van der Waals surface area contributed by atoms with Crippen LogP contribution in [0.5, 0.6) is 0 Å². The molecule has 0 radical (unpaired) electrons. The van der Waals surface area contributed by atoms with E-state index in [4.69, 9.17) is 0 Å². The van der Waals surface area contributed by atoms with Crippen molar-refractivity contribution in [1.82, 2.24) is 10.2 Å². The predicted molar refractivity (Wildman–Crippen MR) is 174 cm³/mol. The van der Waals surface area contributed by atoms with E-state index in [9.17, 15) is 22.4 Å². The monoisotopic (exact) mass is 679 g/mol. The summed E-state index contributed by atoms with van der Waals surface area (Å²) in [6, 6.07) is 28.4. The summed E-state index contributed by atoms with van der Waals surface area (Å²) >= 11 is 3.41. The van der Waals surface area contributed by atoms with Gasteiger partial charge in [-0.1, -0.05) is 89.6 Å². The Labute approximate surface area is 266 Å². The van der Waals surface area contributed by atoms with Gasteiger partial charge in [-0.3, -0.25) is 13.9 Å². The highest BCUT2D eigenvalue weighted by Gasteiger charge is 2.35. The SMILES string of the molecule is CC[C@H](C)NC(=O)[C@@H](Cc1ccccc1)N(Cc1ccc(F)cc1)C(=O)CN(c1cccc(Br)c1)S(=O)(=O)c1ccccc1. The smallest absolute Gasteiger partial charge is 0.264 e. The Bertz CT molecular complexity index is 1660. The average Bonchev–Trinajstić information content (AvgIpc) is 3.03. The second kappa shape index (κ2) is 15.1. The van der Waals surface area contributed by atoms with Crippen LogP contribution in [0, 0.1) is 5.82 Å². The van der Waals surface area contributed by atoms with Crippen molar-refractivity contribution in [2.24, 2.45) is 0 Å². The summed E-state index contributed by atoms with van der Waals surface area (Å²) in [4.78, 5) is 29.6. The second-order valence-electron chi connectivity index (χ2n) is 10.5. The van der Waals surface area contributed by atoms with Gasteiger partial charge in [0.15, 0.2) is 0 Å². The lowest BCUT2D eigenvalue weighted by atomic mass is 10.0. The van der Waals surface area contributed by atoms with E-state index in [1.54, 1.807) is 54.6 Å². The first-order valence-electron chi connectivity index (χ1n) is 14.3. The fourth-order valence-electron chi connectivity index (χ4n) is 4.66. The number of nitrogens with one attached hydrogen (secondary N) is 1. The summed E-state index contributed by atoms with van der Waals surface area (Å²) in [6.07, 6.45) is 0.875. The van der Waals surface area contributed by atoms with Gasteiger partial charge >= 0.3 is 0 Å². The first-order chi connectivity index (χ1) is 21.1. The standard InChI is InChI=1S/C34H35BrFN3O4S/c1-3-25(2)37-34(41)32(21-26-11-6-4-7-12-26)38(23-27-17-19-29(36)20-18-27)33(40)24-39(30-14-10-13-28(35)22-30)44(42,43)31-15-8-5-9-16-31/h4-20,22,25,32H,3,21,23-24H2,1-2H3,(H,37,41)/t25-,32+/m0/s1. The number of rotatable bonds is 13. The Morgan fingerprint density at radius 1 is 0.864 bits per heavy atom. The zero-order chi connectivity index (χ0) is 31.7. The van der Waals surface area contributed by atoms with Crippen molar-refractivity contribution >= 4 is 43.5 Å². The molecule has 0 aliphatic carbocycles. The number of halogens is 2. The van der Waals surface area contributed by atoms with Crippen molar-refractivity contribution in [1.29, 1.82) is 0 Å². The van der Waals surface area contributed by atoms with E-state index in [1.807, 2.05) is 44.2 Å². The van der Waals surface area contributed by atoms with Crippen LogP contribution in [0.25, 0.3) is 0 Å². The predicted octanol–water partition coefficient (Wildman–Crippen LogP) is 6.34. The Morgan fingerprint density at radius 2 is 1.50 bits per heavy atom. The zero-order valence-corrected chi connectivity index (χ0v) is 27.0. The number of carbonyl (C=O) groups excluding carboxylic acids is 2. The molecular formula is C34H35BrFN3O4S. The molecule has 230 valence electrons. The van der Waals surface area contributed by atoms with Crippen molar-refractivity contribution in [2.75, 3.05) is 10.8 Å². The molecule has 0 spiro atoms. The fourth-order valence-corrected chi connectivity index (χ4v) is 6.48. The summed E-state index contributed by atoms with van der Waals surface area (Å²) < 4.78 is 43.5. The molecule has 10 heteroatoms. The van der Waals surface area contributed by atoms with Crippen LogP contribution >= 0.6 is 15.9 Å². The first kappa shape index (κ1) is 32.9. The highest BCUT2D eigenvalue weighted by molar-refractivity contribution is 9.10. The molecule has 0 bridgehead atoms. The third-order valence-electron chi connectivity index (χ3n) is 7.24. The average molecular weight is 681 g/mol. The minimum Gasteiger partial charge on any atom is -0.352 e. The molecule has 4 aromatic rings. The van der Waals surface area contributed by atoms with Gasteiger partial charge in [-0.15, -0.1) is 0 Å². The molecule has 7 nitrogen and oxygen atoms in total. The van der Waals surface area contributed by atoms with Crippen LogP contribution in [0.15, 0.2) is 119 Å². The number of carbonyl (C=O) groups is 2. The number of hydrogen-bond donors (Lipinski definition) is 1. The zero-order valence-electron chi connectivity index (χ0n) is 24.6. The van der Waals surface area contributed by atoms with Crippen LogP contribution in [0.2, 0.25) is 0 Å². The summed E-state index contributed by atoms with van der Waals surface area (Å²) in [5, 5.41) is 3.00. The summed E-state index contributed by atoms with van der Waals surface area (Å²) in [5.74, 6) is -1.38. The van der Waals surface area contributed by atoms with E-state index in [2.05, 4.69) is 21.2 Å². The Kier molecular flexibility index (Phi) is 11.3. The molecule has 0 aliphatic rings. The number of sulfonamides is 1. The van der Waals surface area contributed by atoms with Gasteiger partial charge in [0.25, 0.3) is 10.0 Å². The minimum atomic E-state index is -4.19. The van der Waals surface area contributed by atoms with E-state index in [0.29, 0.717) is 16.5 Å². The molecule has 0 saturated carbocycles. The van der Waals surface area contributed by atoms with Crippen LogP contribution in [0.1, 0.15) is 31.4 Å². The van der Waals surface area contributed by atoms with Gasteiger partial charge in [0.1, 0.15) is 18.4 Å². The third kappa shape index (κ3) is 8.54. The van der Waals surface area contributed by atoms with Crippen molar-refractivity contribution in [2.45, 2.75) is 50.2 Å². The molecular weight excluding hydrogens is 645 g/mol. The molecule has 2 amide bonds. The van der Waals surface area contributed by atoms with Crippen LogP contribution in [0.4, 0.5) is 10.1 Å². The lowest BCUT2D eigenvalue weighted by molar-refractivity contribution is -0.140. The topological polar surface area (TPSA) is 86.8 Å². The number of anilines is 1. The van der Waals surface area contributed by atoms with E-state index < -0.39 is 34.3 Å². The van der Waals surface area contributed by atoms with E-state index in [-0.39, 0.29) is 35.5 Å². The van der Waals surface area contributed by atoms with Crippen LogP contribution < -0.4 is 9.62 Å². The molecule has 1 N–H and O–H groups in total. The van der Waals surface area contributed by atoms with Gasteiger partial charge in [0.2, 0.25) is 11.8 Å². The maximum absolute atomic E-state index is 14.4. The van der Waals surface area contributed by atoms with Crippen molar-refractivity contribution in [3.8, 4) is 0 Å². The first-order valence-corrected chi connectivity index (χ1v) is 16.5. The second-order valence-corrected chi connectivity index (χ2v) is 13.3. The fraction of sp³-hybridized carbons (Fsp3) is 0.235. The largest absolute Gasteiger partial charge is 0.352 e. The normalized spacial score (nSPS) is 12.6. The van der Waals surface area contributed by atoms with Gasteiger partial charge in [0.05, 0.1) is 10.6 Å². The van der Waals surface area contributed by atoms with Crippen molar-refractivity contribution in [3.05, 3.63) is 131 Å². The molecule has 0 aromatic heterocycles. The summed E-state index contributed by atoms with van der Waals surface area (Å²) in [6.45, 7) is 3.22. The van der Waals surface area contributed by atoms with Crippen molar-refractivity contribution < 1.29 is 22.4 Å². The summed E-state index contributed by atoms with van der Waals surface area (Å²) in [7, 11) is -4.19. The highest BCUT2D eigenvalue weighted by atomic mass is 79.9. The lowest BCUT2D eigenvalue weighted by Crippen LogP contribution is -2.54. The molecule has 0 unspecified atom stereocenters.